The molecule has 0 heterocycles. The van der Waals surface area contributed by atoms with Gasteiger partial charge in [0.15, 0.2) is 0 Å². The van der Waals surface area contributed by atoms with Gasteiger partial charge in [-0.15, -0.1) is 0 Å². The van der Waals surface area contributed by atoms with E-state index in [-0.39, 0.29) is 7.43 Å². The normalized spacial score (nSPS) is 10.3. The van der Waals surface area contributed by atoms with Gasteiger partial charge in [-0.05, 0) is 18.5 Å². The first-order chi connectivity index (χ1) is 9.93. The minimum absolute atomic E-state index is 0. The summed E-state index contributed by atoms with van der Waals surface area (Å²) < 4.78 is 0. The van der Waals surface area contributed by atoms with Gasteiger partial charge < -0.3 is 5.32 Å². The molecule has 1 N–H and O–H groups in total. The molecule has 0 bridgehead atoms. The van der Waals surface area contributed by atoms with Gasteiger partial charge in [-0.25, -0.2) is 0 Å². The minimum atomic E-state index is 0. The van der Waals surface area contributed by atoms with Crippen molar-refractivity contribution in [1.29, 1.82) is 0 Å². The average Bonchev–Trinajstić information content (AvgIpc) is 2.49. The van der Waals surface area contributed by atoms with E-state index in [1.807, 2.05) is 0 Å². The molecule has 0 aliphatic heterocycles. The van der Waals surface area contributed by atoms with E-state index in [4.69, 9.17) is 0 Å². The molecule has 1 aromatic carbocycles. The van der Waals surface area contributed by atoms with Crippen LogP contribution in [-0.2, 0) is 6.54 Å². The highest BCUT2D eigenvalue weighted by atomic mass is 14.8. The first-order valence-electron chi connectivity index (χ1n) is 8.68. The molecular weight excluding hydrogens is 254 g/mol. The fraction of sp³-hybridized carbons (Fsp3) is 0.700. The zero-order valence-electron chi connectivity index (χ0n) is 13.4. The Bertz CT molecular complexity index is 294. The number of hydrogen-bond donors (Lipinski definition) is 1. The third-order valence-electron chi connectivity index (χ3n) is 3.88. The number of hydrogen-bond acceptors (Lipinski definition) is 1. The maximum absolute atomic E-state index is 3.53. The summed E-state index contributed by atoms with van der Waals surface area (Å²) in [6.07, 6.45) is 14.1. The lowest BCUT2D eigenvalue weighted by Crippen LogP contribution is -2.14. The zero-order valence-corrected chi connectivity index (χ0v) is 13.4. The van der Waals surface area contributed by atoms with E-state index >= 15 is 0 Å². The van der Waals surface area contributed by atoms with E-state index in [1.54, 1.807) is 0 Å². The average molecular weight is 292 g/mol. The van der Waals surface area contributed by atoms with Gasteiger partial charge in [-0.3, -0.25) is 0 Å². The van der Waals surface area contributed by atoms with Crippen LogP contribution >= 0.6 is 0 Å². The lowest BCUT2D eigenvalue weighted by molar-refractivity contribution is 0.543. The smallest absolute Gasteiger partial charge is 0.0205 e. The van der Waals surface area contributed by atoms with Crippen LogP contribution in [0.4, 0.5) is 0 Å². The van der Waals surface area contributed by atoms with Crippen molar-refractivity contribution in [2.24, 2.45) is 0 Å². The Morgan fingerprint density at radius 3 is 1.81 bits per heavy atom. The van der Waals surface area contributed by atoms with Gasteiger partial charge in [0.1, 0.15) is 0 Å². The molecule has 0 saturated heterocycles. The van der Waals surface area contributed by atoms with Crippen LogP contribution in [0.5, 0.6) is 0 Å². The summed E-state index contributed by atoms with van der Waals surface area (Å²) in [4.78, 5) is 0. The minimum Gasteiger partial charge on any atom is -0.313 e. The summed E-state index contributed by atoms with van der Waals surface area (Å²) in [5.74, 6) is 0. The Labute approximate surface area is 133 Å². The van der Waals surface area contributed by atoms with Gasteiger partial charge >= 0.3 is 0 Å². The molecule has 0 aromatic heterocycles. The van der Waals surface area contributed by atoms with Crippen LogP contribution in [0, 0.1) is 0 Å². The van der Waals surface area contributed by atoms with Crippen molar-refractivity contribution in [3.8, 4) is 0 Å². The summed E-state index contributed by atoms with van der Waals surface area (Å²) in [5, 5.41) is 3.53. The van der Waals surface area contributed by atoms with Crippen LogP contribution in [0.1, 0.15) is 84.1 Å². The third kappa shape index (κ3) is 12.6. The van der Waals surface area contributed by atoms with Gasteiger partial charge in [-0.2, -0.15) is 0 Å². The first-order valence-corrected chi connectivity index (χ1v) is 8.68. The molecule has 0 aliphatic rings. The van der Waals surface area contributed by atoms with E-state index in [0.29, 0.717) is 0 Å². The quantitative estimate of drug-likeness (QED) is 0.418. The molecule has 0 aliphatic carbocycles. The van der Waals surface area contributed by atoms with Crippen molar-refractivity contribution in [2.45, 2.75) is 85.1 Å². The van der Waals surface area contributed by atoms with E-state index < -0.39 is 0 Å². The molecule has 21 heavy (non-hydrogen) atoms. The van der Waals surface area contributed by atoms with Gasteiger partial charge in [0, 0.05) is 6.54 Å². The second-order valence-corrected chi connectivity index (χ2v) is 5.84. The lowest BCUT2D eigenvalue weighted by atomic mass is 10.1. The van der Waals surface area contributed by atoms with Crippen LogP contribution in [0.15, 0.2) is 30.3 Å². The third-order valence-corrected chi connectivity index (χ3v) is 3.88. The van der Waals surface area contributed by atoms with Crippen LogP contribution in [0.3, 0.4) is 0 Å². The molecular formula is C20H37N. The predicted molar refractivity (Wildman–Crippen MR) is 96.7 cm³/mol. The Kier molecular flexibility index (Phi) is 15.0. The maximum atomic E-state index is 3.53. The SMILES string of the molecule is C.CCCCCCCCCCCCNCc1ccccc1. The van der Waals surface area contributed by atoms with Gasteiger partial charge in [-0.1, -0.05) is 102 Å². The van der Waals surface area contributed by atoms with E-state index in [2.05, 4.69) is 42.6 Å². The fourth-order valence-electron chi connectivity index (χ4n) is 2.57. The largest absolute Gasteiger partial charge is 0.313 e. The molecule has 1 rings (SSSR count). The number of benzene rings is 1. The van der Waals surface area contributed by atoms with Crippen molar-refractivity contribution >= 4 is 0 Å². The molecule has 0 amide bonds. The predicted octanol–water partition coefficient (Wildman–Crippen LogP) is 6.33. The highest BCUT2D eigenvalue weighted by Gasteiger charge is 1.93. The summed E-state index contributed by atoms with van der Waals surface area (Å²) in [6, 6.07) is 10.7. The number of nitrogens with one attached hydrogen (secondary N) is 1. The highest BCUT2D eigenvalue weighted by Crippen LogP contribution is 2.10. The topological polar surface area (TPSA) is 12.0 Å². The second kappa shape index (κ2) is 15.6. The molecule has 1 nitrogen and oxygen atoms in total. The number of rotatable bonds is 13. The summed E-state index contributed by atoms with van der Waals surface area (Å²) in [6.45, 7) is 4.45. The Balaban J connectivity index is 0.00000400. The number of unbranched alkanes of at least 4 members (excludes halogenated alkanes) is 9. The van der Waals surface area contributed by atoms with Crippen molar-refractivity contribution in [3.63, 3.8) is 0 Å². The van der Waals surface area contributed by atoms with Crippen LogP contribution in [0.25, 0.3) is 0 Å². The van der Waals surface area contributed by atoms with Crippen molar-refractivity contribution < 1.29 is 0 Å². The molecule has 0 fully saturated rings. The molecule has 1 heteroatoms. The van der Waals surface area contributed by atoms with Crippen molar-refractivity contribution in [1.82, 2.24) is 5.32 Å². The van der Waals surface area contributed by atoms with Crippen LogP contribution in [-0.4, -0.2) is 6.54 Å². The van der Waals surface area contributed by atoms with Crippen LogP contribution < -0.4 is 5.32 Å². The van der Waals surface area contributed by atoms with Crippen molar-refractivity contribution in [3.05, 3.63) is 35.9 Å². The molecule has 0 atom stereocenters. The van der Waals surface area contributed by atoms with Crippen molar-refractivity contribution in [2.75, 3.05) is 6.54 Å². The maximum Gasteiger partial charge on any atom is 0.0205 e. The molecule has 0 radical (unpaired) electrons. The molecule has 0 spiro atoms. The van der Waals surface area contributed by atoms with E-state index in [0.717, 1.165) is 13.1 Å². The summed E-state index contributed by atoms with van der Waals surface area (Å²) >= 11 is 0. The summed E-state index contributed by atoms with van der Waals surface area (Å²) in [7, 11) is 0. The van der Waals surface area contributed by atoms with E-state index in [1.165, 1.54) is 69.8 Å². The second-order valence-electron chi connectivity index (χ2n) is 5.84. The molecule has 1 aromatic rings. The Morgan fingerprint density at radius 2 is 1.24 bits per heavy atom. The van der Waals surface area contributed by atoms with Gasteiger partial charge in [0.2, 0.25) is 0 Å². The molecule has 122 valence electrons. The fourth-order valence-corrected chi connectivity index (χ4v) is 2.57. The summed E-state index contributed by atoms with van der Waals surface area (Å²) in [5.41, 5.74) is 1.39. The van der Waals surface area contributed by atoms with E-state index in [9.17, 15) is 0 Å². The molecule has 0 unspecified atom stereocenters. The van der Waals surface area contributed by atoms with Gasteiger partial charge in [0.25, 0.3) is 0 Å². The van der Waals surface area contributed by atoms with Crippen LogP contribution in [0.2, 0.25) is 0 Å². The zero-order chi connectivity index (χ0) is 14.3. The standard InChI is InChI=1S/C19H33N.CH4/c1-2-3-4-5-6-7-8-9-10-14-17-20-18-19-15-12-11-13-16-19;/h11-13,15-16,20H,2-10,14,17-18H2,1H3;1H4. The monoisotopic (exact) mass is 291 g/mol. The highest BCUT2D eigenvalue weighted by molar-refractivity contribution is 5.14. The molecule has 0 saturated carbocycles. The Hall–Kier alpha value is -0.820. The van der Waals surface area contributed by atoms with Gasteiger partial charge in [0.05, 0.1) is 0 Å². The first kappa shape index (κ1) is 20.2. The lowest BCUT2D eigenvalue weighted by Gasteiger charge is -2.05. The Morgan fingerprint density at radius 1 is 0.714 bits per heavy atom.